The summed E-state index contributed by atoms with van der Waals surface area (Å²) in [5.41, 5.74) is 0.528. The van der Waals surface area contributed by atoms with Gasteiger partial charge in [-0.05, 0) is 36.8 Å². The van der Waals surface area contributed by atoms with E-state index < -0.39 is 6.10 Å². The molecular weight excluding hydrogens is 337 g/mol. The van der Waals surface area contributed by atoms with Crippen LogP contribution in [0.15, 0.2) is 42.5 Å². The second-order valence-corrected chi connectivity index (χ2v) is 5.71. The summed E-state index contributed by atoms with van der Waals surface area (Å²) >= 11 is 11.9. The van der Waals surface area contributed by atoms with E-state index in [0.717, 1.165) is 0 Å². The Hall–Kier alpha value is -1.91. The van der Waals surface area contributed by atoms with Crippen LogP contribution in [0.1, 0.15) is 13.3 Å². The third-order valence-corrected chi connectivity index (χ3v) is 3.55. The monoisotopic (exact) mass is 353 g/mol. The number of nitrogens with one attached hydrogen (secondary N) is 1. The number of amides is 1. The molecule has 1 N–H and O–H groups in total. The van der Waals surface area contributed by atoms with Gasteiger partial charge in [0.2, 0.25) is 0 Å². The minimum absolute atomic E-state index is 0.270. The fraction of sp³-hybridized carbons (Fsp3) is 0.235. The number of hydrogen-bond donors (Lipinski definition) is 1. The van der Waals surface area contributed by atoms with E-state index in [1.54, 1.807) is 43.5 Å². The first-order valence-corrected chi connectivity index (χ1v) is 7.85. The predicted molar refractivity (Wildman–Crippen MR) is 92.8 cm³/mol. The van der Waals surface area contributed by atoms with Crippen LogP contribution in [0.5, 0.6) is 11.5 Å². The zero-order valence-corrected chi connectivity index (χ0v) is 14.3. The molecule has 0 aromatic heterocycles. The fourth-order valence-electron chi connectivity index (χ4n) is 2.01. The molecule has 0 aliphatic heterocycles. The summed E-state index contributed by atoms with van der Waals surface area (Å²) in [6.45, 7) is 1.87. The molecule has 23 heavy (non-hydrogen) atoms. The lowest BCUT2D eigenvalue weighted by atomic mass is 10.2. The second-order valence-electron chi connectivity index (χ2n) is 4.84. The molecule has 0 saturated carbocycles. The number of halogens is 2. The molecule has 0 bridgehead atoms. The molecule has 0 radical (unpaired) electrons. The largest absolute Gasteiger partial charge is 0.497 e. The van der Waals surface area contributed by atoms with Crippen molar-refractivity contribution in [3.8, 4) is 11.5 Å². The zero-order chi connectivity index (χ0) is 16.8. The summed E-state index contributed by atoms with van der Waals surface area (Å²) in [6.07, 6.45) is -0.128. The van der Waals surface area contributed by atoms with Crippen molar-refractivity contribution in [1.29, 1.82) is 0 Å². The van der Waals surface area contributed by atoms with E-state index in [1.165, 1.54) is 0 Å². The van der Waals surface area contributed by atoms with Gasteiger partial charge in [0.15, 0.2) is 6.10 Å². The van der Waals surface area contributed by atoms with Crippen molar-refractivity contribution >= 4 is 34.8 Å². The van der Waals surface area contributed by atoms with Crippen LogP contribution in [-0.2, 0) is 4.79 Å². The van der Waals surface area contributed by atoms with Crippen LogP contribution >= 0.6 is 23.2 Å². The predicted octanol–water partition coefficient (Wildman–Crippen LogP) is 4.80. The van der Waals surface area contributed by atoms with Crippen molar-refractivity contribution in [2.24, 2.45) is 0 Å². The summed E-state index contributed by atoms with van der Waals surface area (Å²) in [5, 5.41) is 3.67. The van der Waals surface area contributed by atoms with Gasteiger partial charge in [-0.15, -0.1) is 0 Å². The van der Waals surface area contributed by atoms with E-state index in [1.807, 2.05) is 13.0 Å². The van der Waals surface area contributed by atoms with Gasteiger partial charge in [0.1, 0.15) is 11.5 Å². The van der Waals surface area contributed by atoms with Crippen LogP contribution in [0.2, 0.25) is 10.0 Å². The van der Waals surface area contributed by atoms with Crippen molar-refractivity contribution < 1.29 is 14.3 Å². The minimum Gasteiger partial charge on any atom is -0.497 e. The second kappa shape index (κ2) is 8.09. The number of benzene rings is 2. The van der Waals surface area contributed by atoms with E-state index in [9.17, 15) is 4.79 Å². The van der Waals surface area contributed by atoms with E-state index in [-0.39, 0.29) is 5.91 Å². The molecule has 0 aliphatic carbocycles. The topological polar surface area (TPSA) is 47.6 Å². The minimum atomic E-state index is -0.639. The van der Waals surface area contributed by atoms with Gasteiger partial charge in [-0.1, -0.05) is 36.2 Å². The van der Waals surface area contributed by atoms with Crippen LogP contribution in [0.3, 0.4) is 0 Å². The average Bonchev–Trinajstić information content (AvgIpc) is 2.51. The van der Waals surface area contributed by atoms with Crippen LogP contribution in [0.4, 0.5) is 5.69 Å². The molecule has 1 amide bonds. The summed E-state index contributed by atoms with van der Waals surface area (Å²) in [4.78, 5) is 12.4. The molecule has 0 heterocycles. The van der Waals surface area contributed by atoms with Crippen molar-refractivity contribution in [1.82, 2.24) is 0 Å². The van der Waals surface area contributed by atoms with Crippen LogP contribution < -0.4 is 14.8 Å². The Morgan fingerprint density at radius 3 is 2.39 bits per heavy atom. The van der Waals surface area contributed by atoms with Gasteiger partial charge < -0.3 is 14.8 Å². The number of hydrogen-bond acceptors (Lipinski definition) is 3. The first-order valence-electron chi connectivity index (χ1n) is 7.09. The van der Waals surface area contributed by atoms with Gasteiger partial charge in [-0.25, -0.2) is 0 Å². The Bertz CT molecular complexity index is 671. The van der Waals surface area contributed by atoms with E-state index in [4.69, 9.17) is 32.7 Å². The van der Waals surface area contributed by atoms with E-state index in [2.05, 4.69) is 5.32 Å². The molecule has 0 spiro atoms. The highest BCUT2D eigenvalue weighted by molar-refractivity contribution is 6.35. The SMILES string of the molecule is CC[C@H](Oc1cccc(OC)c1)C(=O)Nc1cc(Cl)cc(Cl)c1. The first-order chi connectivity index (χ1) is 11.0. The van der Waals surface area contributed by atoms with Crippen LogP contribution in [0.25, 0.3) is 0 Å². The Morgan fingerprint density at radius 2 is 1.78 bits per heavy atom. The van der Waals surface area contributed by atoms with Gasteiger partial charge in [0.05, 0.1) is 7.11 Å². The maximum atomic E-state index is 12.4. The van der Waals surface area contributed by atoms with Crippen LogP contribution in [-0.4, -0.2) is 19.1 Å². The molecule has 122 valence electrons. The molecule has 0 saturated heterocycles. The van der Waals surface area contributed by atoms with Crippen molar-refractivity contribution in [2.45, 2.75) is 19.4 Å². The number of anilines is 1. The highest BCUT2D eigenvalue weighted by Crippen LogP contribution is 2.24. The lowest BCUT2D eigenvalue weighted by molar-refractivity contribution is -0.122. The molecule has 0 unspecified atom stereocenters. The molecule has 4 nitrogen and oxygen atoms in total. The summed E-state index contributed by atoms with van der Waals surface area (Å²) in [6, 6.07) is 12.0. The lowest BCUT2D eigenvalue weighted by Gasteiger charge is -2.18. The summed E-state index contributed by atoms with van der Waals surface area (Å²) in [5.74, 6) is 0.962. The summed E-state index contributed by atoms with van der Waals surface area (Å²) in [7, 11) is 1.58. The molecule has 1 atom stereocenters. The molecule has 0 aliphatic rings. The van der Waals surface area contributed by atoms with Crippen LogP contribution in [0, 0.1) is 0 Å². The third kappa shape index (κ3) is 5.05. The van der Waals surface area contributed by atoms with Crippen molar-refractivity contribution in [3.05, 3.63) is 52.5 Å². The molecule has 2 rings (SSSR count). The standard InChI is InChI=1S/C17H17Cl2NO3/c1-3-16(23-15-6-4-5-14(10-15)22-2)17(21)20-13-8-11(18)7-12(19)9-13/h4-10,16H,3H2,1-2H3,(H,20,21)/t16-/m0/s1. The quantitative estimate of drug-likeness (QED) is 0.811. The smallest absolute Gasteiger partial charge is 0.265 e. The average molecular weight is 354 g/mol. The van der Waals surface area contributed by atoms with Gasteiger partial charge >= 0.3 is 0 Å². The maximum absolute atomic E-state index is 12.4. The molecular formula is C17H17Cl2NO3. The Kier molecular flexibility index (Phi) is 6.13. The zero-order valence-electron chi connectivity index (χ0n) is 12.8. The lowest BCUT2D eigenvalue weighted by Crippen LogP contribution is -2.32. The first kappa shape index (κ1) is 17.4. The number of methoxy groups -OCH3 is 1. The Morgan fingerprint density at radius 1 is 1.13 bits per heavy atom. The van der Waals surface area contributed by atoms with Gasteiger partial charge in [-0.2, -0.15) is 0 Å². The highest BCUT2D eigenvalue weighted by atomic mass is 35.5. The number of rotatable bonds is 6. The van der Waals surface area contributed by atoms with Crippen molar-refractivity contribution in [2.75, 3.05) is 12.4 Å². The number of carbonyl (C=O) groups excluding carboxylic acids is 1. The molecule has 6 heteroatoms. The Labute approximate surface area is 145 Å². The van der Waals surface area contributed by atoms with Crippen molar-refractivity contribution in [3.63, 3.8) is 0 Å². The van der Waals surface area contributed by atoms with E-state index in [0.29, 0.717) is 33.7 Å². The number of ether oxygens (including phenoxy) is 2. The fourth-order valence-corrected chi connectivity index (χ4v) is 2.54. The molecule has 0 fully saturated rings. The van der Waals surface area contributed by atoms with Gasteiger partial charge in [0.25, 0.3) is 5.91 Å². The highest BCUT2D eigenvalue weighted by Gasteiger charge is 2.19. The van der Waals surface area contributed by atoms with Gasteiger partial charge in [-0.3, -0.25) is 4.79 Å². The molecule has 2 aromatic rings. The summed E-state index contributed by atoms with van der Waals surface area (Å²) < 4.78 is 10.9. The third-order valence-electron chi connectivity index (χ3n) is 3.11. The van der Waals surface area contributed by atoms with Gasteiger partial charge in [0, 0.05) is 21.8 Å². The number of carbonyl (C=O) groups is 1. The van der Waals surface area contributed by atoms with E-state index >= 15 is 0 Å². The Balaban J connectivity index is 2.08. The molecule has 2 aromatic carbocycles. The maximum Gasteiger partial charge on any atom is 0.265 e. The normalized spacial score (nSPS) is 11.7.